The van der Waals surface area contributed by atoms with Gasteiger partial charge in [0.2, 0.25) is 0 Å². The number of hydrogen-bond donors (Lipinski definition) is 1. The Labute approximate surface area is 120 Å². The minimum atomic E-state index is -0.163. The van der Waals surface area contributed by atoms with Crippen molar-refractivity contribution in [3.63, 3.8) is 0 Å². The molecule has 0 fully saturated rings. The van der Waals surface area contributed by atoms with Crippen molar-refractivity contribution < 1.29 is 4.74 Å². The van der Waals surface area contributed by atoms with Gasteiger partial charge in [0.05, 0.1) is 0 Å². The maximum atomic E-state index is 5.86. The Hall–Kier alpha value is -1.03. The Balaban J connectivity index is 2.14. The van der Waals surface area contributed by atoms with E-state index in [9.17, 15) is 0 Å². The van der Waals surface area contributed by atoms with Crippen LogP contribution in [0.25, 0.3) is 0 Å². The number of nitrogens with two attached hydrogens (primary N) is 1. The van der Waals surface area contributed by atoms with E-state index in [0.717, 1.165) is 15.8 Å². The van der Waals surface area contributed by atoms with Gasteiger partial charge in [-0.25, -0.2) is 0 Å². The molecule has 2 N–H and O–H groups in total. The van der Waals surface area contributed by atoms with Gasteiger partial charge in [-0.05, 0) is 42.0 Å². The largest absolute Gasteiger partial charge is 0.484 e. The third-order valence-corrected chi connectivity index (χ3v) is 3.33. The summed E-state index contributed by atoms with van der Waals surface area (Å²) in [6.07, 6.45) is -0.163. The Morgan fingerprint density at radius 3 is 2.22 bits per heavy atom. The molecule has 0 aliphatic heterocycles. The number of halogens is 2. The number of rotatable bonds is 4. The summed E-state index contributed by atoms with van der Waals surface area (Å²) < 4.78 is 6.87. The van der Waals surface area contributed by atoms with Crippen molar-refractivity contribution >= 4 is 27.5 Å². The van der Waals surface area contributed by atoms with Crippen LogP contribution in [0.2, 0.25) is 5.02 Å². The summed E-state index contributed by atoms with van der Waals surface area (Å²) in [7, 11) is 0. The molecule has 1 unspecified atom stereocenters. The average Bonchev–Trinajstić information content (AvgIpc) is 2.39. The predicted molar refractivity (Wildman–Crippen MR) is 78.0 cm³/mol. The van der Waals surface area contributed by atoms with Gasteiger partial charge in [0, 0.05) is 16.0 Å². The SMILES string of the molecule is NCC(Oc1ccc(Br)cc1)c1ccc(Cl)cc1. The van der Waals surface area contributed by atoms with Gasteiger partial charge in [0.25, 0.3) is 0 Å². The first-order valence-corrected chi connectivity index (χ1v) is 6.74. The summed E-state index contributed by atoms with van der Waals surface area (Å²) in [6.45, 7) is 0.414. The second-order valence-corrected chi connectivity index (χ2v) is 5.20. The summed E-state index contributed by atoms with van der Waals surface area (Å²) in [5.41, 5.74) is 6.77. The fraction of sp³-hybridized carbons (Fsp3) is 0.143. The van der Waals surface area contributed by atoms with Crippen molar-refractivity contribution in [2.24, 2.45) is 5.73 Å². The third kappa shape index (κ3) is 3.48. The lowest BCUT2D eigenvalue weighted by molar-refractivity contribution is 0.214. The van der Waals surface area contributed by atoms with Crippen LogP contribution in [0.3, 0.4) is 0 Å². The van der Waals surface area contributed by atoms with Crippen molar-refractivity contribution in [1.29, 1.82) is 0 Å². The smallest absolute Gasteiger partial charge is 0.136 e. The summed E-state index contributed by atoms with van der Waals surface area (Å²) >= 11 is 9.25. The van der Waals surface area contributed by atoms with E-state index in [-0.39, 0.29) is 6.10 Å². The molecule has 94 valence electrons. The van der Waals surface area contributed by atoms with Crippen molar-refractivity contribution in [3.05, 3.63) is 63.6 Å². The van der Waals surface area contributed by atoms with Crippen LogP contribution in [-0.2, 0) is 0 Å². The van der Waals surface area contributed by atoms with Gasteiger partial charge in [-0.15, -0.1) is 0 Å². The Morgan fingerprint density at radius 2 is 1.67 bits per heavy atom. The van der Waals surface area contributed by atoms with E-state index in [2.05, 4.69) is 15.9 Å². The molecule has 4 heteroatoms. The quantitative estimate of drug-likeness (QED) is 0.914. The van der Waals surface area contributed by atoms with E-state index < -0.39 is 0 Å². The molecule has 0 saturated carbocycles. The summed E-state index contributed by atoms with van der Waals surface area (Å²) in [6, 6.07) is 15.2. The van der Waals surface area contributed by atoms with Gasteiger partial charge >= 0.3 is 0 Å². The maximum Gasteiger partial charge on any atom is 0.136 e. The molecule has 0 heterocycles. The normalized spacial score (nSPS) is 12.2. The van der Waals surface area contributed by atoms with Gasteiger partial charge in [-0.3, -0.25) is 0 Å². The molecule has 0 bridgehead atoms. The second kappa shape index (κ2) is 6.23. The summed E-state index contributed by atoms with van der Waals surface area (Å²) in [4.78, 5) is 0. The van der Waals surface area contributed by atoms with Crippen LogP contribution in [0, 0.1) is 0 Å². The van der Waals surface area contributed by atoms with E-state index in [1.54, 1.807) is 0 Å². The van der Waals surface area contributed by atoms with Crippen LogP contribution < -0.4 is 10.5 Å². The van der Waals surface area contributed by atoms with Crippen molar-refractivity contribution in [2.45, 2.75) is 6.10 Å². The molecular weight excluding hydrogens is 314 g/mol. The minimum Gasteiger partial charge on any atom is -0.484 e. The molecule has 0 aliphatic rings. The lowest BCUT2D eigenvalue weighted by atomic mass is 10.1. The van der Waals surface area contributed by atoms with Crippen LogP contribution in [0.15, 0.2) is 53.0 Å². The van der Waals surface area contributed by atoms with Gasteiger partial charge in [0.15, 0.2) is 0 Å². The van der Waals surface area contributed by atoms with E-state index in [1.165, 1.54) is 0 Å². The zero-order valence-electron chi connectivity index (χ0n) is 9.64. The van der Waals surface area contributed by atoms with Gasteiger partial charge < -0.3 is 10.5 Å². The van der Waals surface area contributed by atoms with Crippen LogP contribution >= 0.6 is 27.5 Å². The highest BCUT2D eigenvalue weighted by atomic mass is 79.9. The number of ether oxygens (including phenoxy) is 1. The molecule has 0 saturated heterocycles. The van der Waals surface area contributed by atoms with Crippen LogP contribution in [0.5, 0.6) is 5.75 Å². The third-order valence-electron chi connectivity index (χ3n) is 2.55. The highest BCUT2D eigenvalue weighted by molar-refractivity contribution is 9.10. The monoisotopic (exact) mass is 325 g/mol. The summed E-state index contributed by atoms with van der Waals surface area (Å²) in [5, 5.41) is 0.707. The zero-order chi connectivity index (χ0) is 13.0. The van der Waals surface area contributed by atoms with Gasteiger partial charge in [0.1, 0.15) is 11.9 Å². The van der Waals surface area contributed by atoms with Crippen LogP contribution in [0.1, 0.15) is 11.7 Å². The van der Waals surface area contributed by atoms with Crippen LogP contribution in [-0.4, -0.2) is 6.54 Å². The standard InChI is InChI=1S/C14H13BrClNO/c15-11-3-7-13(8-4-11)18-14(9-17)10-1-5-12(16)6-2-10/h1-8,14H,9,17H2. The summed E-state index contributed by atoms with van der Waals surface area (Å²) in [5.74, 6) is 0.795. The molecule has 0 spiro atoms. The Morgan fingerprint density at radius 1 is 1.06 bits per heavy atom. The van der Waals surface area contributed by atoms with Crippen molar-refractivity contribution in [2.75, 3.05) is 6.54 Å². The average molecular weight is 327 g/mol. The van der Waals surface area contributed by atoms with E-state index in [4.69, 9.17) is 22.1 Å². The molecular formula is C14H13BrClNO. The Kier molecular flexibility index (Phi) is 4.64. The topological polar surface area (TPSA) is 35.2 Å². The first-order valence-electron chi connectivity index (χ1n) is 5.57. The minimum absolute atomic E-state index is 0.163. The molecule has 2 rings (SSSR count). The fourth-order valence-electron chi connectivity index (χ4n) is 1.61. The molecule has 2 aromatic carbocycles. The van der Waals surface area contributed by atoms with Gasteiger partial charge in [-0.2, -0.15) is 0 Å². The lowest BCUT2D eigenvalue weighted by Crippen LogP contribution is -2.18. The fourth-order valence-corrected chi connectivity index (χ4v) is 2.00. The van der Waals surface area contributed by atoms with Crippen LogP contribution in [0.4, 0.5) is 0 Å². The van der Waals surface area contributed by atoms with E-state index in [0.29, 0.717) is 11.6 Å². The van der Waals surface area contributed by atoms with Crippen molar-refractivity contribution in [1.82, 2.24) is 0 Å². The molecule has 1 atom stereocenters. The maximum absolute atomic E-state index is 5.86. The van der Waals surface area contributed by atoms with Crippen molar-refractivity contribution in [3.8, 4) is 5.75 Å². The second-order valence-electron chi connectivity index (χ2n) is 3.85. The first kappa shape index (κ1) is 13.4. The van der Waals surface area contributed by atoms with Gasteiger partial charge in [-0.1, -0.05) is 39.7 Å². The molecule has 0 amide bonds. The first-order chi connectivity index (χ1) is 8.69. The van der Waals surface area contributed by atoms with E-state index >= 15 is 0 Å². The molecule has 0 aromatic heterocycles. The molecule has 0 aliphatic carbocycles. The van der Waals surface area contributed by atoms with E-state index in [1.807, 2.05) is 48.5 Å². The molecule has 18 heavy (non-hydrogen) atoms. The zero-order valence-corrected chi connectivity index (χ0v) is 12.0. The molecule has 0 radical (unpaired) electrons. The highest BCUT2D eigenvalue weighted by Gasteiger charge is 2.11. The lowest BCUT2D eigenvalue weighted by Gasteiger charge is -2.18. The number of benzene rings is 2. The number of hydrogen-bond acceptors (Lipinski definition) is 2. The highest BCUT2D eigenvalue weighted by Crippen LogP contribution is 2.24. The molecule has 2 nitrogen and oxygen atoms in total. The molecule has 2 aromatic rings. The Bertz CT molecular complexity index is 498. The predicted octanol–water partition coefficient (Wildman–Crippen LogP) is 4.18.